The molecule has 1 saturated carbocycles. The molecule has 1 aliphatic carbocycles. The van der Waals surface area contributed by atoms with Crippen molar-refractivity contribution < 1.29 is 37.6 Å². The Hall–Kier alpha value is -4.08. The molecule has 6 rings (SSSR count). The molecule has 2 saturated heterocycles. The number of carbonyl (C=O) groups is 3. The second-order valence-corrected chi connectivity index (χ2v) is 12.9. The molecule has 3 atom stereocenters. The second-order valence-electron chi connectivity index (χ2n) is 11.2. The number of piperidine rings is 1. The van der Waals surface area contributed by atoms with E-state index in [1.165, 1.54) is 25.3 Å². The molecular weight excluding hydrogens is 600 g/mol. The lowest BCUT2D eigenvalue weighted by atomic mass is 10.1. The first-order chi connectivity index (χ1) is 20.9. The predicted molar refractivity (Wildman–Crippen MR) is 156 cm³/mol. The number of nitrogens with two attached hydrogens (primary N) is 1. The quantitative estimate of drug-likeness (QED) is 0.353. The third-order valence-corrected chi connectivity index (χ3v) is 10.1. The van der Waals surface area contributed by atoms with Gasteiger partial charge in [-0.25, -0.2) is 23.4 Å². The smallest absolute Gasteiger partial charge is 0.414 e. The molecule has 0 bridgehead atoms. The SMILES string of the molecule is CC(=O)C(N)C1CN(c2ccc([S+]([O-])C3CCN(c4nc5c(cc4F)c(=O)c(C(=O)O)cn5C4CC4)CC3)c(F)c2)C(=O)O1. The highest BCUT2D eigenvalue weighted by atomic mass is 32.2. The van der Waals surface area contributed by atoms with E-state index in [1.807, 2.05) is 0 Å². The largest absolute Gasteiger partial charge is 0.611 e. The van der Waals surface area contributed by atoms with Crippen molar-refractivity contribution in [2.75, 3.05) is 29.4 Å². The van der Waals surface area contributed by atoms with Crippen molar-refractivity contribution in [1.29, 1.82) is 0 Å². The normalized spacial score (nSPS) is 20.6. The van der Waals surface area contributed by atoms with Crippen molar-refractivity contribution in [3.05, 3.63) is 57.9 Å². The van der Waals surface area contributed by atoms with Gasteiger partial charge in [-0.15, -0.1) is 0 Å². The van der Waals surface area contributed by atoms with Crippen LogP contribution in [-0.4, -0.2) is 74.1 Å². The van der Waals surface area contributed by atoms with Crippen LogP contribution in [0.3, 0.4) is 0 Å². The Bertz CT molecular complexity index is 1740. The Morgan fingerprint density at radius 2 is 1.84 bits per heavy atom. The van der Waals surface area contributed by atoms with Gasteiger partial charge in [-0.1, -0.05) is 0 Å². The molecule has 2 aromatic heterocycles. The standard InChI is InChI=1S/C29H29F2N5O7S/c1-14(37)24(32)22-13-36(29(41)43-22)16-4-5-23(20(30)10-16)44(42)17-6-8-34(9-7-17)27-21(31)11-18-25(38)19(28(39)40)12-35(15-2-3-15)26(18)33-27/h4-5,10-12,15,17,22,24H,2-3,6-9,13,32H2,1H3,(H,39,40). The van der Waals surface area contributed by atoms with E-state index >= 15 is 8.78 Å². The van der Waals surface area contributed by atoms with Gasteiger partial charge in [-0.3, -0.25) is 14.5 Å². The Balaban J connectivity index is 1.17. The van der Waals surface area contributed by atoms with Gasteiger partial charge in [0.2, 0.25) is 5.43 Å². The lowest BCUT2D eigenvalue weighted by molar-refractivity contribution is -0.120. The number of nitrogens with zero attached hydrogens (tertiary/aromatic N) is 4. The Kier molecular flexibility index (Phi) is 7.80. The van der Waals surface area contributed by atoms with E-state index in [9.17, 15) is 28.8 Å². The molecule has 3 aromatic rings. The van der Waals surface area contributed by atoms with E-state index in [0.717, 1.165) is 29.9 Å². The number of carbonyl (C=O) groups excluding carboxylic acids is 2. The number of ether oxygens (including phenoxy) is 1. The number of aromatic nitrogens is 2. The molecule has 15 heteroatoms. The Morgan fingerprint density at radius 1 is 1.14 bits per heavy atom. The molecule has 44 heavy (non-hydrogen) atoms. The van der Waals surface area contributed by atoms with Crippen LogP contribution in [0.15, 0.2) is 40.2 Å². The summed E-state index contributed by atoms with van der Waals surface area (Å²) in [5.41, 5.74) is 4.94. The second kappa shape index (κ2) is 11.4. The summed E-state index contributed by atoms with van der Waals surface area (Å²) in [4.78, 5) is 55.5. The van der Waals surface area contributed by atoms with Gasteiger partial charge in [0.15, 0.2) is 22.3 Å². The van der Waals surface area contributed by atoms with Crippen molar-refractivity contribution >= 4 is 51.6 Å². The van der Waals surface area contributed by atoms with Crippen LogP contribution in [0.4, 0.5) is 25.1 Å². The van der Waals surface area contributed by atoms with Crippen LogP contribution in [0.5, 0.6) is 0 Å². The number of pyridine rings is 2. The Labute approximate surface area is 252 Å². The van der Waals surface area contributed by atoms with Gasteiger partial charge in [0.05, 0.1) is 17.6 Å². The topological polar surface area (TPSA) is 171 Å². The van der Waals surface area contributed by atoms with E-state index in [2.05, 4.69) is 4.98 Å². The highest BCUT2D eigenvalue weighted by Crippen LogP contribution is 2.38. The number of anilines is 2. The van der Waals surface area contributed by atoms with Gasteiger partial charge in [-0.2, -0.15) is 0 Å². The summed E-state index contributed by atoms with van der Waals surface area (Å²) >= 11 is -1.75. The molecule has 2 aliphatic heterocycles. The van der Waals surface area contributed by atoms with Gasteiger partial charge in [0, 0.05) is 44.2 Å². The van der Waals surface area contributed by atoms with Crippen LogP contribution < -0.4 is 21.0 Å². The summed E-state index contributed by atoms with van der Waals surface area (Å²) < 4.78 is 50.6. The summed E-state index contributed by atoms with van der Waals surface area (Å²) in [7, 11) is 0. The number of cyclic esters (lactones) is 1. The fourth-order valence-corrected chi connectivity index (χ4v) is 7.12. The highest BCUT2D eigenvalue weighted by molar-refractivity contribution is 7.92. The number of hydrogen-bond donors (Lipinski definition) is 2. The number of fused-ring (bicyclic) bond motifs is 1. The zero-order valence-corrected chi connectivity index (χ0v) is 24.4. The lowest BCUT2D eigenvalue weighted by Gasteiger charge is -2.33. The molecule has 3 N–H and O–H groups in total. The third-order valence-electron chi connectivity index (χ3n) is 8.30. The molecule has 4 heterocycles. The molecule has 1 aromatic carbocycles. The molecule has 3 fully saturated rings. The van der Waals surface area contributed by atoms with Gasteiger partial charge < -0.3 is 29.6 Å². The first kappa shape index (κ1) is 30.0. The maximum absolute atomic E-state index is 15.3. The summed E-state index contributed by atoms with van der Waals surface area (Å²) in [6.45, 7) is 1.79. The molecule has 3 aliphatic rings. The number of hydrogen-bond acceptors (Lipinski definition) is 9. The lowest BCUT2D eigenvalue weighted by Crippen LogP contribution is -2.43. The van der Waals surface area contributed by atoms with Crippen LogP contribution in [0.2, 0.25) is 0 Å². The van der Waals surface area contributed by atoms with Crippen molar-refractivity contribution in [3.63, 3.8) is 0 Å². The fourth-order valence-electron chi connectivity index (χ4n) is 5.67. The summed E-state index contributed by atoms with van der Waals surface area (Å²) in [5.74, 6) is -3.27. The minimum atomic E-state index is -1.75. The molecule has 0 spiro atoms. The zero-order chi connectivity index (χ0) is 31.4. The van der Waals surface area contributed by atoms with Gasteiger partial charge >= 0.3 is 12.1 Å². The first-order valence-electron chi connectivity index (χ1n) is 14.1. The number of amides is 1. The van der Waals surface area contributed by atoms with E-state index in [0.29, 0.717) is 12.8 Å². The van der Waals surface area contributed by atoms with Gasteiger partial charge in [-0.05, 0) is 49.1 Å². The molecular formula is C29H29F2N5O7S. The van der Waals surface area contributed by atoms with Crippen molar-refractivity contribution in [2.24, 2.45) is 5.73 Å². The van der Waals surface area contributed by atoms with Crippen molar-refractivity contribution in [1.82, 2.24) is 9.55 Å². The molecule has 0 radical (unpaired) electrons. The first-order valence-corrected chi connectivity index (χ1v) is 15.3. The van der Waals surface area contributed by atoms with Crippen LogP contribution in [0, 0.1) is 11.6 Å². The molecule has 12 nitrogen and oxygen atoms in total. The Morgan fingerprint density at radius 3 is 2.45 bits per heavy atom. The van der Waals surface area contributed by atoms with Gasteiger partial charge in [0.25, 0.3) is 0 Å². The number of Topliss-reactive ketones (excluding diaryl/α,β-unsaturated/α-hetero) is 1. The average Bonchev–Trinajstić information content (AvgIpc) is 3.77. The van der Waals surface area contributed by atoms with E-state index in [1.54, 1.807) is 9.47 Å². The van der Waals surface area contributed by atoms with Crippen LogP contribution in [0.1, 0.15) is 49.0 Å². The average molecular weight is 630 g/mol. The van der Waals surface area contributed by atoms with Crippen molar-refractivity contribution in [2.45, 2.75) is 60.9 Å². The number of aromatic carboxylic acids is 1. The number of carboxylic acids is 1. The maximum atomic E-state index is 15.3. The summed E-state index contributed by atoms with van der Waals surface area (Å²) in [6.07, 6.45) is 1.88. The highest BCUT2D eigenvalue weighted by Gasteiger charge is 2.39. The van der Waals surface area contributed by atoms with Crippen LogP contribution >= 0.6 is 0 Å². The number of ketones is 1. The zero-order valence-electron chi connectivity index (χ0n) is 23.6. The summed E-state index contributed by atoms with van der Waals surface area (Å²) in [6, 6.07) is 3.90. The van der Waals surface area contributed by atoms with Gasteiger partial charge in [0.1, 0.15) is 34.4 Å². The number of benzene rings is 1. The fraction of sp³-hybridized carbons (Fsp3) is 0.414. The minimum Gasteiger partial charge on any atom is -0.611 e. The molecule has 232 valence electrons. The number of halogens is 2. The van der Waals surface area contributed by atoms with E-state index < -0.39 is 63.3 Å². The van der Waals surface area contributed by atoms with E-state index in [4.69, 9.17) is 10.5 Å². The monoisotopic (exact) mass is 629 g/mol. The minimum absolute atomic E-state index is 0.00874. The molecule has 1 amide bonds. The van der Waals surface area contributed by atoms with Crippen LogP contribution in [0.25, 0.3) is 11.0 Å². The molecule has 3 unspecified atom stereocenters. The number of rotatable bonds is 8. The maximum Gasteiger partial charge on any atom is 0.414 e. The number of carboxylic acid groups (broad SMARTS) is 1. The van der Waals surface area contributed by atoms with Crippen molar-refractivity contribution in [3.8, 4) is 0 Å². The summed E-state index contributed by atoms with van der Waals surface area (Å²) in [5, 5.41) is 8.91. The van der Waals surface area contributed by atoms with Crippen LogP contribution in [-0.2, 0) is 20.7 Å². The third kappa shape index (κ3) is 5.39. The van der Waals surface area contributed by atoms with E-state index in [-0.39, 0.29) is 58.9 Å². The predicted octanol–water partition coefficient (Wildman–Crippen LogP) is 2.73.